The fraction of sp³-hybridized carbons (Fsp3) is 0.226. The van der Waals surface area contributed by atoms with Gasteiger partial charge in [0.2, 0.25) is 0 Å². The van der Waals surface area contributed by atoms with Crippen LogP contribution in [0.2, 0.25) is 0 Å². The largest absolute Gasteiger partial charge is 0.329 e. The van der Waals surface area contributed by atoms with Crippen molar-refractivity contribution in [1.82, 2.24) is 25.0 Å². The van der Waals surface area contributed by atoms with Crippen molar-refractivity contribution in [3.8, 4) is 11.3 Å². The van der Waals surface area contributed by atoms with E-state index in [1.54, 1.807) is 11.3 Å². The quantitative estimate of drug-likeness (QED) is 0.277. The Morgan fingerprint density at radius 1 is 0.900 bits per heavy atom. The molecule has 3 aromatic carbocycles. The molecule has 0 radical (unpaired) electrons. The number of aromatic amines is 1. The van der Waals surface area contributed by atoms with Crippen molar-refractivity contribution in [2.75, 3.05) is 18.4 Å². The number of rotatable bonds is 4. The van der Waals surface area contributed by atoms with Gasteiger partial charge >= 0.3 is 6.03 Å². The van der Waals surface area contributed by atoms with Gasteiger partial charge in [0.05, 0.1) is 10.7 Å². The molecule has 0 aliphatic carbocycles. The highest BCUT2D eigenvalue weighted by atomic mass is 32.1. The molecule has 8 nitrogen and oxygen atoms in total. The predicted octanol–water partition coefficient (Wildman–Crippen LogP) is 6.25. The number of nitrogens with zero attached hydrogens (tertiary/aromatic N) is 4. The highest BCUT2D eigenvalue weighted by molar-refractivity contribution is 7.09. The van der Waals surface area contributed by atoms with Crippen molar-refractivity contribution >= 4 is 39.9 Å². The second-order valence-electron chi connectivity index (χ2n) is 10.4. The van der Waals surface area contributed by atoms with Gasteiger partial charge in [0.15, 0.2) is 5.82 Å². The highest BCUT2D eigenvalue weighted by Gasteiger charge is 2.29. The second kappa shape index (κ2) is 10.2. The number of benzene rings is 3. The standard InChI is InChI=1S/C31H28N6O2S/c38-30(37-17-23-10-4-8-21-9-5-11-24(18-37)28(21)23)26-19-40-29(32-26)22-12-14-36(15-13-22)31(39)33-27-16-25(34-35-27)20-6-2-1-3-7-20/h1-11,16,19,22H,12-15,17-18H2,(H2,33,34,35,39). The van der Waals surface area contributed by atoms with E-state index in [-0.39, 0.29) is 17.9 Å². The van der Waals surface area contributed by atoms with Gasteiger partial charge in [0, 0.05) is 43.5 Å². The van der Waals surface area contributed by atoms with Crippen LogP contribution in [0.15, 0.2) is 78.2 Å². The van der Waals surface area contributed by atoms with Gasteiger partial charge in [-0.1, -0.05) is 66.7 Å². The number of carbonyl (C=O) groups excluding carboxylic acids is 2. The number of carbonyl (C=O) groups is 2. The summed E-state index contributed by atoms with van der Waals surface area (Å²) in [6.45, 7) is 2.44. The van der Waals surface area contributed by atoms with Crippen molar-refractivity contribution in [3.63, 3.8) is 0 Å². The van der Waals surface area contributed by atoms with E-state index < -0.39 is 0 Å². The van der Waals surface area contributed by atoms with Gasteiger partial charge in [-0.2, -0.15) is 5.10 Å². The Hall–Kier alpha value is -4.50. The number of H-pyrrole nitrogens is 1. The number of piperidine rings is 1. The second-order valence-corrected chi connectivity index (χ2v) is 11.3. The van der Waals surface area contributed by atoms with Crippen LogP contribution in [0, 0.1) is 0 Å². The molecule has 0 spiro atoms. The maximum absolute atomic E-state index is 13.4. The van der Waals surface area contributed by atoms with Crippen molar-refractivity contribution in [2.24, 2.45) is 0 Å². The van der Waals surface area contributed by atoms with Gasteiger partial charge in [0.1, 0.15) is 5.69 Å². The first-order valence-corrected chi connectivity index (χ1v) is 14.4. The van der Waals surface area contributed by atoms with E-state index in [2.05, 4.69) is 51.9 Å². The first kappa shape index (κ1) is 24.5. The fourth-order valence-corrected chi connectivity index (χ4v) is 6.75. The average molecular weight is 549 g/mol. The number of likely N-dealkylation sites (tertiary alicyclic amines) is 1. The summed E-state index contributed by atoms with van der Waals surface area (Å²) in [7, 11) is 0. The molecule has 2 aromatic heterocycles. The van der Waals surface area contributed by atoms with Crippen LogP contribution in [0.3, 0.4) is 0 Å². The van der Waals surface area contributed by atoms with Crippen LogP contribution in [-0.4, -0.2) is 50.0 Å². The van der Waals surface area contributed by atoms with E-state index >= 15 is 0 Å². The van der Waals surface area contributed by atoms with Crippen molar-refractivity contribution in [2.45, 2.75) is 31.8 Å². The number of anilines is 1. The Kier molecular flexibility index (Phi) is 6.28. The summed E-state index contributed by atoms with van der Waals surface area (Å²) < 4.78 is 0. The summed E-state index contributed by atoms with van der Waals surface area (Å²) in [4.78, 5) is 34.8. The molecule has 9 heteroatoms. The van der Waals surface area contributed by atoms with Crippen LogP contribution in [0.1, 0.15) is 45.4 Å². The molecular formula is C31H28N6O2S. The Morgan fingerprint density at radius 2 is 1.62 bits per heavy atom. The molecule has 5 aromatic rings. The van der Waals surface area contributed by atoms with Crippen LogP contribution in [0.4, 0.5) is 10.6 Å². The van der Waals surface area contributed by atoms with Crippen LogP contribution < -0.4 is 5.32 Å². The third kappa shape index (κ3) is 4.62. The van der Waals surface area contributed by atoms with Crippen LogP contribution in [0.5, 0.6) is 0 Å². The monoisotopic (exact) mass is 548 g/mol. The molecule has 0 unspecified atom stereocenters. The predicted molar refractivity (Wildman–Crippen MR) is 156 cm³/mol. The molecule has 7 rings (SSSR count). The van der Waals surface area contributed by atoms with Gasteiger partial charge in [-0.3, -0.25) is 15.2 Å². The van der Waals surface area contributed by atoms with E-state index in [1.165, 1.54) is 21.9 Å². The van der Waals surface area contributed by atoms with E-state index in [0.717, 1.165) is 29.1 Å². The van der Waals surface area contributed by atoms with Gasteiger partial charge in [0.25, 0.3) is 5.91 Å². The lowest BCUT2D eigenvalue weighted by molar-refractivity contribution is 0.0721. The Morgan fingerprint density at radius 3 is 2.35 bits per heavy atom. The molecule has 2 aliphatic heterocycles. The summed E-state index contributed by atoms with van der Waals surface area (Å²) >= 11 is 1.55. The average Bonchev–Trinajstić information content (AvgIpc) is 3.68. The molecule has 2 N–H and O–H groups in total. The third-order valence-corrected chi connectivity index (χ3v) is 8.86. The number of nitrogens with one attached hydrogen (secondary N) is 2. The number of amides is 3. The molecule has 1 fully saturated rings. The molecule has 40 heavy (non-hydrogen) atoms. The minimum absolute atomic E-state index is 0.0281. The topological polar surface area (TPSA) is 94.2 Å². The van der Waals surface area contributed by atoms with E-state index in [4.69, 9.17) is 4.98 Å². The smallest absolute Gasteiger partial charge is 0.323 e. The molecule has 1 saturated heterocycles. The minimum atomic E-state index is -0.153. The maximum atomic E-state index is 13.4. The van der Waals surface area contributed by atoms with Gasteiger partial charge < -0.3 is 9.80 Å². The lowest BCUT2D eigenvalue weighted by atomic mass is 9.95. The Labute approximate surface area is 235 Å². The lowest BCUT2D eigenvalue weighted by Crippen LogP contribution is -2.40. The SMILES string of the molecule is O=C(Nc1cc(-c2ccccc2)[nH]n1)N1CCC(c2nc(C(=O)N3Cc4cccc5cccc(c45)C3)cs2)CC1. The van der Waals surface area contributed by atoms with E-state index in [9.17, 15) is 9.59 Å². The van der Waals surface area contributed by atoms with Crippen LogP contribution in [0.25, 0.3) is 22.0 Å². The third-order valence-electron chi connectivity index (χ3n) is 7.86. The summed E-state index contributed by atoms with van der Waals surface area (Å²) in [5.74, 6) is 0.715. The normalized spacial score (nSPS) is 15.4. The van der Waals surface area contributed by atoms with Crippen molar-refractivity contribution in [1.29, 1.82) is 0 Å². The summed E-state index contributed by atoms with van der Waals surface area (Å²) in [5.41, 5.74) is 4.74. The molecule has 2 aliphatic rings. The zero-order valence-corrected chi connectivity index (χ0v) is 22.7. The van der Waals surface area contributed by atoms with Crippen LogP contribution in [-0.2, 0) is 13.1 Å². The van der Waals surface area contributed by atoms with Crippen molar-refractivity contribution < 1.29 is 9.59 Å². The van der Waals surface area contributed by atoms with Crippen LogP contribution >= 0.6 is 11.3 Å². The number of hydrogen-bond donors (Lipinski definition) is 2. The number of thiazole rings is 1. The fourth-order valence-electron chi connectivity index (χ4n) is 5.78. The number of urea groups is 1. The Bertz CT molecular complexity index is 1660. The highest BCUT2D eigenvalue weighted by Crippen LogP contribution is 2.33. The molecule has 200 valence electrons. The first-order chi connectivity index (χ1) is 19.6. The zero-order chi connectivity index (χ0) is 27.1. The number of aromatic nitrogens is 3. The molecule has 0 bridgehead atoms. The number of hydrogen-bond acceptors (Lipinski definition) is 5. The molecule has 4 heterocycles. The minimum Gasteiger partial charge on any atom is -0.329 e. The Balaban J connectivity index is 0.961. The van der Waals surface area contributed by atoms with Gasteiger partial charge in [-0.15, -0.1) is 11.3 Å². The molecular weight excluding hydrogens is 520 g/mol. The van der Waals surface area contributed by atoms with Crippen molar-refractivity contribution in [3.05, 3.63) is 100 Å². The summed E-state index contributed by atoms with van der Waals surface area (Å²) in [6.07, 6.45) is 1.62. The molecule has 3 amide bonds. The van der Waals surface area contributed by atoms with Gasteiger partial charge in [-0.05, 0) is 40.3 Å². The molecule has 0 saturated carbocycles. The first-order valence-electron chi connectivity index (χ1n) is 13.5. The van der Waals surface area contributed by atoms with E-state index in [1.807, 2.05) is 51.6 Å². The maximum Gasteiger partial charge on any atom is 0.323 e. The lowest BCUT2D eigenvalue weighted by Gasteiger charge is -2.31. The summed E-state index contributed by atoms with van der Waals surface area (Å²) in [5, 5.41) is 15.5. The summed E-state index contributed by atoms with van der Waals surface area (Å²) in [6, 6.07) is 24.1. The zero-order valence-electron chi connectivity index (χ0n) is 21.8. The van der Waals surface area contributed by atoms with Gasteiger partial charge in [-0.25, -0.2) is 9.78 Å². The van der Waals surface area contributed by atoms with E-state index in [0.29, 0.717) is 37.7 Å². The molecule has 0 atom stereocenters.